The van der Waals surface area contributed by atoms with Crippen LogP contribution >= 0.6 is 0 Å². The highest BCUT2D eigenvalue weighted by Gasteiger charge is 2.17. The number of hydrogen-bond donors (Lipinski definition) is 1. The van der Waals surface area contributed by atoms with Gasteiger partial charge in [0.25, 0.3) is 0 Å². The first-order valence-electron chi connectivity index (χ1n) is 2.83. The first-order chi connectivity index (χ1) is 4.29. The van der Waals surface area contributed by atoms with Crippen molar-refractivity contribution in [2.75, 3.05) is 13.2 Å². The largest absolute Gasteiger partial charge is 0.444 e. The molecule has 1 rings (SSSR count). The molecule has 2 N–H and O–H groups in total. The molecule has 0 aliphatic carbocycles. The predicted octanol–water partition coefficient (Wildman–Crippen LogP) is -0.129. The van der Waals surface area contributed by atoms with Crippen LogP contribution in [-0.2, 0) is 9.47 Å². The Bertz CT molecular complexity index is 109. The normalized spacial score (nSPS) is 26.0. The number of nitrogens with two attached hydrogens (primary N) is 1. The second-order valence-electron chi connectivity index (χ2n) is 1.92. The summed E-state index contributed by atoms with van der Waals surface area (Å²) < 4.78 is 9.55. The van der Waals surface area contributed by atoms with Crippen LogP contribution in [0.25, 0.3) is 0 Å². The van der Waals surface area contributed by atoms with Crippen molar-refractivity contribution in [3.05, 3.63) is 0 Å². The van der Waals surface area contributed by atoms with E-state index in [0.717, 1.165) is 6.42 Å². The lowest BCUT2D eigenvalue weighted by Crippen LogP contribution is -2.22. The fraction of sp³-hybridized carbons (Fsp3) is 0.800. The molecule has 9 heavy (non-hydrogen) atoms. The molecule has 1 amide bonds. The molecule has 1 heterocycles. The molecule has 1 saturated heterocycles. The van der Waals surface area contributed by atoms with E-state index in [9.17, 15) is 4.79 Å². The van der Waals surface area contributed by atoms with Crippen molar-refractivity contribution < 1.29 is 14.3 Å². The van der Waals surface area contributed by atoms with Crippen LogP contribution < -0.4 is 5.73 Å². The van der Waals surface area contributed by atoms with Gasteiger partial charge >= 0.3 is 6.09 Å². The lowest BCUT2D eigenvalue weighted by Gasteiger charge is -2.05. The molecule has 0 radical (unpaired) electrons. The van der Waals surface area contributed by atoms with Gasteiger partial charge in [-0.15, -0.1) is 0 Å². The minimum absolute atomic E-state index is 0.109. The monoisotopic (exact) mass is 131 g/mol. The van der Waals surface area contributed by atoms with Crippen LogP contribution in [0, 0.1) is 0 Å². The highest BCUT2D eigenvalue weighted by molar-refractivity contribution is 5.64. The molecule has 4 heteroatoms. The van der Waals surface area contributed by atoms with Crippen LogP contribution in [-0.4, -0.2) is 25.4 Å². The summed E-state index contributed by atoms with van der Waals surface area (Å²) in [5, 5.41) is 0. The summed E-state index contributed by atoms with van der Waals surface area (Å²) in [6, 6.07) is 0. The van der Waals surface area contributed by atoms with Crippen LogP contribution in [0.4, 0.5) is 4.79 Å². The smallest absolute Gasteiger partial charge is 0.404 e. The number of primary amides is 1. The molecule has 52 valence electrons. The molecule has 4 nitrogen and oxygen atoms in total. The fourth-order valence-electron chi connectivity index (χ4n) is 0.770. The molecule has 1 aliphatic heterocycles. The van der Waals surface area contributed by atoms with Crippen molar-refractivity contribution in [2.45, 2.75) is 12.5 Å². The van der Waals surface area contributed by atoms with Crippen LogP contribution in [0.5, 0.6) is 0 Å². The van der Waals surface area contributed by atoms with Crippen molar-refractivity contribution in [3.63, 3.8) is 0 Å². The Kier molecular flexibility index (Phi) is 1.89. The van der Waals surface area contributed by atoms with E-state index in [0.29, 0.717) is 13.2 Å². The number of carbonyl (C=O) groups excluding carboxylic acids is 1. The van der Waals surface area contributed by atoms with Gasteiger partial charge in [0, 0.05) is 6.42 Å². The van der Waals surface area contributed by atoms with Gasteiger partial charge in [-0.2, -0.15) is 0 Å². The highest BCUT2D eigenvalue weighted by Crippen LogP contribution is 2.06. The summed E-state index contributed by atoms with van der Waals surface area (Å²) in [5.74, 6) is 0. The topological polar surface area (TPSA) is 61.6 Å². The standard InChI is InChI=1S/C5H9NO3/c6-5(7)9-4-1-2-8-3-4/h4H,1-3H2,(H2,6,7). The van der Waals surface area contributed by atoms with E-state index in [-0.39, 0.29) is 6.10 Å². The van der Waals surface area contributed by atoms with Gasteiger partial charge in [-0.3, -0.25) is 0 Å². The Morgan fingerprint density at radius 1 is 1.78 bits per heavy atom. The van der Waals surface area contributed by atoms with Crippen molar-refractivity contribution in [1.29, 1.82) is 0 Å². The molecule has 1 fully saturated rings. The summed E-state index contributed by atoms with van der Waals surface area (Å²) in [5.41, 5.74) is 4.76. The van der Waals surface area contributed by atoms with E-state index < -0.39 is 6.09 Å². The maximum atomic E-state index is 10.1. The number of amides is 1. The van der Waals surface area contributed by atoms with Gasteiger partial charge in [0.15, 0.2) is 0 Å². The molecule has 0 saturated carbocycles. The summed E-state index contributed by atoms with van der Waals surface area (Å²) in [4.78, 5) is 10.1. The van der Waals surface area contributed by atoms with E-state index in [4.69, 9.17) is 10.5 Å². The molecule has 1 aliphatic rings. The molecule has 0 aromatic carbocycles. The van der Waals surface area contributed by atoms with Gasteiger partial charge in [0.2, 0.25) is 0 Å². The van der Waals surface area contributed by atoms with E-state index in [1.807, 2.05) is 0 Å². The van der Waals surface area contributed by atoms with Crippen molar-refractivity contribution in [2.24, 2.45) is 5.73 Å². The van der Waals surface area contributed by atoms with Crippen LogP contribution in [0.3, 0.4) is 0 Å². The van der Waals surface area contributed by atoms with Gasteiger partial charge in [-0.25, -0.2) is 4.79 Å². The van der Waals surface area contributed by atoms with Crippen molar-refractivity contribution >= 4 is 6.09 Å². The Balaban J connectivity index is 2.19. The first-order valence-corrected chi connectivity index (χ1v) is 2.83. The van der Waals surface area contributed by atoms with Crippen LogP contribution in [0.2, 0.25) is 0 Å². The van der Waals surface area contributed by atoms with Gasteiger partial charge in [0.1, 0.15) is 6.10 Å². The number of ether oxygens (including phenoxy) is 2. The SMILES string of the molecule is NC(=O)OC1CCOC1. The van der Waals surface area contributed by atoms with E-state index in [2.05, 4.69) is 4.74 Å². The number of hydrogen-bond acceptors (Lipinski definition) is 3. The minimum atomic E-state index is -0.717. The molecule has 0 aromatic rings. The van der Waals surface area contributed by atoms with Crippen LogP contribution in [0.15, 0.2) is 0 Å². The molecule has 1 unspecified atom stereocenters. The lowest BCUT2D eigenvalue weighted by atomic mass is 10.3. The number of carbonyl (C=O) groups is 1. The van der Waals surface area contributed by atoms with E-state index in [1.54, 1.807) is 0 Å². The third-order valence-electron chi connectivity index (χ3n) is 1.17. The lowest BCUT2D eigenvalue weighted by molar-refractivity contribution is 0.0900. The van der Waals surface area contributed by atoms with Crippen LogP contribution in [0.1, 0.15) is 6.42 Å². The average Bonchev–Trinajstić information content (AvgIpc) is 2.15. The Labute approximate surface area is 52.9 Å². The molecule has 1 atom stereocenters. The summed E-state index contributed by atoms with van der Waals surface area (Å²) in [6.45, 7) is 1.15. The Hall–Kier alpha value is -0.770. The van der Waals surface area contributed by atoms with Crippen molar-refractivity contribution in [1.82, 2.24) is 0 Å². The zero-order chi connectivity index (χ0) is 6.69. The maximum absolute atomic E-state index is 10.1. The predicted molar refractivity (Wildman–Crippen MR) is 29.9 cm³/mol. The zero-order valence-corrected chi connectivity index (χ0v) is 5.00. The molecule has 0 aromatic heterocycles. The summed E-state index contributed by atoms with van der Waals surface area (Å²) in [7, 11) is 0. The van der Waals surface area contributed by atoms with E-state index in [1.165, 1.54) is 0 Å². The minimum Gasteiger partial charge on any atom is -0.444 e. The quantitative estimate of drug-likeness (QED) is 0.539. The van der Waals surface area contributed by atoms with Crippen molar-refractivity contribution in [3.8, 4) is 0 Å². The third kappa shape index (κ3) is 1.89. The second-order valence-corrected chi connectivity index (χ2v) is 1.92. The number of rotatable bonds is 1. The Morgan fingerprint density at radius 2 is 2.56 bits per heavy atom. The third-order valence-corrected chi connectivity index (χ3v) is 1.17. The second kappa shape index (κ2) is 2.68. The van der Waals surface area contributed by atoms with Gasteiger partial charge in [0.05, 0.1) is 13.2 Å². The first kappa shape index (κ1) is 6.35. The summed E-state index contributed by atoms with van der Waals surface area (Å²) in [6.07, 6.45) is -0.0591. The molecular weight excluding hydrogens is 122 g/mol. The van der Waals surface area contributed by atoms with Gasteiger partial charge in [-0.05, 0) is 0 Å². The zero-order valence-electron chi connectivity index (χ0n) is 5.00. The molecular formula is C5H9NO3. The molecule has 0 bridgehead atoms. The van der Waals surface area contributed by atoms with Gasteiger partial charge in [-0.1, -0.05) is 0 Å². The summed E-state index contributed by atoms with van der Waals surface area (Å²) >= 11 is 0. The highest BCUT2D eigenvalue weighted by atomic mass is 16.6. The average molecular weight is 131 g/mol. The maximum Gasteiger partial charge on any atom is 0.404 e. The Morgan fingerprint density at radius 3 is 3.00 bits per heavy atom. The van der Waals surface area contributed by atoms with E-state index >= 15 is 0 Å². The fourth-order valence-corrected chi connectivity index (χ4v) is 0.770. The van der Waals surface area contributed by atoms with Gasteiger partial charge < -0.3 is 15.2 Å². The molecule has 0 spiro atoms.